The molecule has 0 radical (unpaired) electrons. The van der Waals surface area contributed by atoms with E-state index < -0.39 is 0 Å². The molecule has 0 atom stereocenters. The molecule has 0 unspecified atom stereocenters. The quantitative estimate of drug-likeness (QED) is 0.0477. The van der Waals surface area contributed by atoms with E-state index in [1.54, 1.807) is 0 Å². The van der Waals surface area contributed by atoms with Crippen LogP contribution in [0.2, 0.25) is 0 Å². The van der Waals surface area contributed by atoms with E-state index in [0.29, 0.717) is 0 Å². The summed E-state index contributed by atoms with van der Waals surface area (Å²) < 4.78 is 5.97. The number of ether oxygens (including phenoxy) is 1. The average Bonchev–Trinajstić information content (AvgIpc) is 3.00. The second kappa shape index (κ2) is 24.6. The summed E-state index contributed by atoms with van der Waals surface area (Å²) >= 11 is 5.60. The molecule has 1 nitrogen and oxygen atoms in total. The van der Waals surface area contributed by atoms with E-state index >= 15 is 0 Å². The van der Waals surface area contributed by atoms with E-state index in [-0.39, 0.29) is 0 Å². The lowest BCUT2D eigenvalue weighted by Crippen LogP contribution is -1.97. The fourth-order valence-corrected chi connectivity index (χ4v) is 5.64. The standard InChI is InChI=1S/C39H60OS/c1-3-5-6-7-8-9-10-11-12-13-14-15-16-17-18-19-20-21-22-34-40-38-31-26-36(27-32-38)28-33-39(41)37-29-24-35(23-4-2)25-30-37/h24-33H,3-23,34H2,1-2H3. The number of benzene rings is 2. The zero-order valence-corrected chi connectivity index (χ0v) is 27.5. The molecule has 0 aliphatic carbocycles. The van der Waals surface area contributed by atoms with E-state index in [2.05, 4.69) is 68.5 Å². The number of allylic oxidation sites excluding steroid dienone is 1. The molecule has 0 aliphatic heterocycles. The molecule has 0 aliphatic rings. The Morgan fingerprint density at radius 1 is 0.561 bits per heavy atom. The molecule has 0 N–H and O–H groups in total. The lowest BCUT2D eigenvalue weighted by molar-refractivity contribution is 0.304. The van der Waals surface area contributed by atoms with Gasteiger partial charge in [0.2, 0.25) is 0 Å². The maximum atomic E-state index is 5.97. The highest BCUT2D eigenvalue weighted by Crippen LogP contribution is 2.17. The third kappa shape index (κ3) is 18.3. The molecule has 2 aromatic carbocycles. The molecular weight excluding hydrogens is 516 g/mol. The average molecular weight is 577 g/mol. The van der Waals surface area contributed by atoms with Crippen molar-refractivity contribution in [1.82, 2.24) is 0 Å². The van der Waals surface area contributed by atoms with E-state index in [4.69, 9.17) is 17.0 Å². The van der Waals surface area contributed by atoms with Crippen LogP contribution in [0.15, 0.2) is 54.6 Å². The van der Waals surface area contributed by atoms with Gasteiger partial charge in [0.15, 0.2) is 0 Å². The van der Waals surface area contributed by atoms with E-state index in [0.717, 1.165) is 41.2 Å². The van der Waals surface area contributed by atoms with Gasteiger partial charge in [0, 0.05) is 4.86 Å². The molecule has 0 amide bonds. The van der Waals surface area contributed by atoms with Crippen molar-refractivity contribution in [2.75, 3.05) is 6.61 Å². The Morgan fingerprint density at radius 3 is 1.49 bits per heavy atom. The zero-order valence-electron chi connectivity index (χ0n) is 26.6. The Morgan fingerprint density at radius 2 is 1.02 bits per heavy atom. The van der Waals surface area contributed by atoms with Crippen LogP contribution in [0.1, 0.15) is 159 Å². The third-order valence-corrected chi connectivity index (χ3v) is 8.47. The van der Waals surface area contributed by atoms with Gasteiger partial charge in [-0.25, -0.2) is 0 Å². The Hall–Kier alpha value is -1.93. The van der Waals surface area contributed by atoms with Gasteiger partial charge in [0.05, 0.1) is 6.61 Å². The van der Waals surface area contributed by atoms with Crippen LogP contribution in [0.3, 0.4) is 0 Å². The Labute approximate surface area is 259 Å². The van der Waals surface area contributed by atoms with Crippen molar-refractivity contribution in [3.8, 4) is 5.75 Å². The monoisotopic (exact) mass is 576 g/mol. The van der Waals surface area contributed by atoms with Crippen LogP contribution in [0, 0.1) is 0 Å². The van der Waals surface area contributed by atoms with E-state index in [9.17, 15) is 0 Å². The zero-order chi connectivity index (χ0) is 29.2. The topological polar surface area (TPSA) is 9.23 Å². The number of unbranched alkanes of at least 4 members (excludes halogenated alkanes) is 18. The molecule has 0 fully saturated rings. The number of rotatable bonds is 26. The Bertz CT molecular complexity index is 912. The van der Waals surface area contributed by atoms with E-state index in [1.165, 1.54) is 128 Å². The van der Waals surface area contributed by atoms with Crippen LogP contribution in [-0.2, 0) is 6.42 Å². The minimum absolute atomic E-state index is 0.812. The van der Waals surface area contributed by atoms with Crippen molar-refractivity contribution in [2.24, 2.45) is 0 Å². The molecular formula is C39H60OS. The predicted molar refractivity (Wildman–Crippen MR) is 187 cm³/mol. The molecule has 0 spiro atoms. The minimum atomic E-state index is 0.812. The number of aryl methyl sites for hydroxylation is 1. The van der Waals surface area contributed by atoms with Crippen molar-refractivity contribution in [2.45, 2.75) is 149 Å². The van der Waals surface area contributed by atoms with Gasteiger partial charge in [-0.05, 0) is 47.7 Å². The second-order valence-corrected chi connectivity index (χ2v) is 12.4. The highest BCUT2D eigenvalue weighted by atomic mass is 32.1. The molecule has 2 heteroatoms. The van der Waals surface area contributed by atoms with Crippen LogP contribution in [-0.4, -0.2) is 11.5 Å². The summed E-state index contributed by atoms with van der Waals surface area (Å²) in [5.74, 6) is 0.957. The van der Waals surface area contributed by atoms with Crippen LogP contribution in [0.4, 0.5) is 0 Å². The molecule has 0 aromatic heterocycles. The normalized spacial score (nSPS) is 11.4. The fraction of sp³-hybridized carbons (Fsp3) is 0.615. The van der Waals surface area contributed by atoms with Crippen LogP contribution < -0.4 is 4.74 Å². The highest BCUT2D eigenvalue weighted by Gasteiger charge is 2.00. The van der Waals surface area contributed by atoms with Gasteiger partial charge in [-0.3, -0.25) is 0 Å². The summed E-state index contributed by atoms with van der Waals surface area (Å²) in [6.45, 7) is 5.32. The van der Waals surface area contributed by atoms with Crippen molar-refractivity contribution < 1.29 is 4.74 Å². The molecule has 2 aromatic rings. The fourth-order valence-electron chi connectivity index (χ4n) is 5.44. The third-order valence-electron chi connectivity index (χ3n) is 8.10. The molecule has 0 saturated heterocycles. The molecule has 0 saturated carbocycles. The van der Waals surface area contributed by atoms with Crippen molar-refractivity contribution in [3.05, 3.63) is 71.3 Å². The van der Waals surface area contributed by atoms with Gasteiger partial charge in [-0.2, -0.15) is 0 Å². The number of hydrogen-bond acceptors (Lipinski definition) is 2. The van der Waals surface area contributed by atoms with Gasteiger partial charge in [0.1, 0.15) is 5.75 Å². The van der Waals surface area contributed by atoms with Crippen LogP contribution >= 0.6 is 12.2 Å². The summed E-state index contributed by atoms with van der Waals surface area (Å²) in [4.78, 5) is 0.873. The van der Waals surface area contributed by atoms with Crippen molar-refractivity contribution in [1.29, 1.82) is 0 Å². The van der Waals surface area contributed by atoms with Gasteiger partial charge in [-0.15, -0.1) is 0 Å². The number of hydrogen-bond donors (Lipinski definition) is 0. The molecule has 2 rings (SSSR count). The lowest BCUT2D eigenvalue weighted by Gasteiger charge is -2.07. The number of thiocarbonyl (C=S) groups is 1. The Kier molecular flexibility index (Phi) is 21.2. The second-order valence-electron chi connectivity index (χ2n) is 11.9. The Balaban J connectivity index is 1.39. The van der Waals surface area contributed by atoms with Gasteiger partial charge in [-0.1, -0.05) is 191 Å². The first-order valence-corrected chi connectivity index (χ1v) is 17.7. The predicted octanol–water partition coefficient (Wildman–Crippen LogP) is 12.9. The first-order chi connectivity index (χ1) is 20.2. The van der Waals surface area contributed by atoms with Crippen molar-refractivity contribution in [3.63, 3.8) is 0 Å². The van der Waals surface area contributed by atoms with E-state index in [1.807, 2.05) is 6.08 Å². The molecule has 0 bridgehead atoms. The summed E-state index contributed by atoms with van der Waals surface area (Å²) in [5, 5.41) is 0. The van der Waals surface area contributed by atoms with Gasteiger partial charge >= 0.3 is 0 Å². The minimum Gasteiger partial charge on any atom is -0.494 e. The van der Waals surface area contributed by atoms with Crippen LogP contribution in [0.25, 0.3) is 6.08 Å². The highest BCUT2D eigenvalue weighted by molar-refractivity contribution is 7.81. The molecule has 228 valence electrons. The summed E-state index contributed by atoms with van der Waals surface area (Å²) in [5.41, 5.74) is 3.63. The maximum absolute atomic E-state index is 5.97. The largest absolute Gasteiger partial charge is 0.494 e. The molecule has 0 heterocycles. The SMILES string of the molecule is CCCCCCCCCCCCCCCCCCCCCOc1ccc(C=CC(=S)c2ccc(CCC)cc2)cc1. The summed E-state index contributed by atoms with van der Waals surface area (Å²) in [7, 11) is 0. The first-order valence-electron chi connectivity index (χ1n) is 17.3. The first kappa shape index (κ1) is 35.3. The van der Waals surface area contributed by atoms with Crippen molar-refractivity contribution >= 4 is 23.2 Å². The van der Waals surface area contributed by atoms with Gasteiger partial charge < -0.3 is 4.74 Å². The molecule has 41 heavy (non-hydrogen) atoms. The van der Waals surface area contributed by atoms with Crippen LogP contribution in [0.5, 0.6) is 5.75 Å². The summed E-state index contributed by atoms with van der Waals surface area (Å²) in [6.07, 6.45) is 33.2. The van der Waals surface area contributed by atoms with Gasteiger partial charge in [0.25, 0.3) is 0 Å². The summed E-state index contributed by atoms with van der Waals surface area (Å²) in [6, 6.07) is 17.0. The smallest absolute Gasteiger partial charge is 0.119 e. The lowest BCUT2D eigenvalue weighted by atomic mass is 10.0. The maximum Gasteiger partial charge on any atom is 0.119 e.